The summed E-state index contributed by atoms with van der Waals surface area (Å²) in [7, 11) is -3.96. The maximum atomic E-state index is 13.0. The third kappa shape index (κ3) is 2.65. The fourth-order valence-electron chi connectivity index (χ4n) is 3.11. The van der Waals surface area contributed by atoms with Crippen LogP contribution in [0.2, 0.25) is 0 Å². The topological polar surface area (TPSA) is 89.6 Å². The van der Waals surface area contributed by atoms with Crippen LogP contribution in [0.25, 0.3) is 11.1 Å². The molecule has 6 heteroatoms. The van der Waals surface area contributed by atoms with E-state index in [1.54, 1.807) is 24.3 Å². The first-order chi connectivity index (χ1) is 12.5. The summed E-state index contributed by atoms with van der Waals surface area (Å²) in [6, 6.07) is 20.9. The van der Waals surface area contributed by atoms with E-state index < -0.39 is 10.0 Å². The van der Waals surface area contributed by atoms with E-state index in [-0.39, 0.29) is 22.1 Å². The molecule has 0 bridgehead atoms. The van der Waals surface area contributed by atoms with Crippen LogP contribution in [0.1, 0.15) is 15.9 Å². The van der Waals surface area contributed by atoms with Gasteiger partial charge < -0.3 is 0 Å². The average molecular weight is 362 g/mol. The van der Waals surface area contributed by atoms with Crippen LogP contribution in [-0.2, 0) is 10.0 Å². The van der Waals surface area contributed by atoms with Crippen molar-refractivity contribution in [2.75, 3.05) is 0 Å². The number of ketones is 1. The van der Waals surface area contributed by atoms with Gasteiger partial charge in [0.15, 0.2) is 0 Å². The van der Waals surface area contributed by atoms with Gasteiger partial charge in [-0.3, -0.25) is 4.79 Å². The molecule has 0 radical (unpaired) electrons. The summed E-state index contributed by atoms with van der Waals surface area (Å²) in [6.45, 7) is 0. The number of hydrogen-bond donors (Lipinski definition) is 1. The molecule has 0 atom stereocenters. The van der Waals surface area contributed by atoms with E-state index in [0.29, 0.717) is 11.1 Å². The predicted octanol–water partition coefficient (Wildman–Crippen LogP) is 3.32. The van der Waals surface area contributed by atoms with E-state index in [1.165, 1.54) is 12.1 Å². The molecule has 4 rings (SSSR count). The number of nitrogens with two attached hydrogens (primary N) is 1. The van der Waals surface area contributed by atoms with Gasteiger partial charge in [-0.25, -0.2) is 18.5 Å². The number of Topliss-reactive ketones (excluding diaryl/α,β-unsaturated/α-hetero) is 1. The molecule has 1 aliphatic carbocycles. The summed E-state index contributed by atoms with van der Waals surface area (Å²) in [5, 5.41) is 5.29. The third-order valence-electron chi connectivity index (χ3n) is 4.26. The summed E-state index contributed by atoms with van der Waals surface area (Å²) in [4.78, 5) is 17.3. The average Bonchev–Trinajstić information content (AvgIpc) is 2.65. The number of carbonyl (C=O) groups excluding carboxylic acids is 1. The zero-order valence-electron chi connectivity index (χ0n) is 13.6. The summed E-state index contributed by atoms with van der Waals surface area (Å²) in [5.74, 6) is -0.247. The lowest BCUT2D eigenvalue weighted by Gasteiger charge is -2.20. The van der Waals surface area contributed by atoms with Gasteiger partial charge in [-0.05, 0) is 23.3 Å². The second kappa shape index (κ2) is 6.01. The number of nitrogens with zero attached hydrogens (tertiary/aromatic N) is 1. The van der Waals surface area contributed by atoms with Gasteiger partial charge in [0, 0.05) is 11.1 Å². The quantitative estimate of drug-likeness (QED) is 0.758. The minimum atomic E-state index is -3.96. The number of aliphatic imine (C=N–C) groups is 1. The molecule has 128 valence electrons. The molecule has 0 saturated heterocycles. The highest BCUT2D eigenvalue weighted by atomic mass is 32.2. The number of primary sulfonamides is 1. The molecule has 0 amide bonds. The van der Waals surface area contributed by atoms with Crippen molar-refractivity contribution in [3.63, 3.8) is 0 Å². The van der Waals surface area contributed by atoms with Crippen LogP contribution in [0.3, 0.4) is 0 Å². The Morgan fingerprint density at radius 2 is 1.19 bits per heavy atom. The molecule has 0 saturated carbocycles. The zero-order valence-corrected chi connectivity index (χ0v) is 14.4. The summed E-state index contributed by atoms with van der Waals surface area (Å²) < 4.78 is 23.7. The summed E-state index contributed by atoms with van der Waals surface area (Å²) in [6.07, 6.45) is 0. The molecule has 0 heterocycles. The lowest BCUT2D eigenvalue weighted by atomic mass is 9.83. The molecule has 0 fully saturated rings. The van der Waals surface area contributed by atoms with Gasteiger partial charge in [0.2, 0.25) is 15.8 Å². The molecule has 26 heavy (non-hydrogen) atoms. The van der Waals surface area contributed by atoms with Crippen molar-refractivity contribution in [2.24, 2.45) is 10.1 Å². The first-order valence-corrected chi connectivity index (χ1v) is 9.45. The number of rotatable bonds is 2. The standard InChI is InChI=1S/C20H14N2O3S/c21-26(24,25)18-12-6-5-11-17(18)22-19-15-9-3-1-7-13(15)14-8-2-4-10-16(14)20(19)23/h1-12H,(H2,21,24,25). The maximum absolute atomic E-state index is 13.0. The van der Waals surface area contributed by atoms with Crippen molar-refractivity contribution in [3.8, 4) is 11.1 Å². The molecule has 2 N–H and O–H groups in total. The van der Waals surface area contributed by atoms with Crippen molar-refractivity contribution < 1.29 is 13.2 Å². The van der Waals surface area contributed by atoms with E-state index >= 15 is 0 Å². The Morgan fingerprint density at radius 3 is 1.85 bits per heavy atom. The molecule has 3 aromatic carbocycles. The lowest BCUT2D eigenvalue weighted by Crippen LogP contribution is -2.22. The van der Waals surface area contributed by atoms with Crippen molar-refractivity contribution in [2.45, 2.75) is 4.90 Å². The fraction of sp³-hybridized carbons (Fsp3) is 0. The molecule has 5 nitrogen and oxygen atoms in total. The second-order valence-electron chi connectivity index (χ2n) is 5.89. The Balaban J connectivity index is 2.00. The number of carbonyl (C=O) groups is 1. The Bertz CT molecular complexity index is 1180. The van der Waals surface area contributed by atoms with Crippen LogP contribution < -0.4 is 5.14 Å². The Hall–Kier alpha value is -3.09. The van der Waals surface area contributed by atoms with Crippen molar-refractivity contribution in [1.82, 2.24) is 0 Å². The maximum Gasteiger partial charge on any atom is 0.240 e. The highest BCUT2D eigenvalue weighted by Gasteiger charge is 2.28. The molecule has 0 aliphatic heterocycles. The molecule has 0 spiro atoms. The van der Waals surface area contributed by atoms with E-state index in [0.717, 1.165) is 11.1 Å². The molecule has 3 aromatic rings. The highest BCUT2D eigenvalue weighted by molar-refractivity contribution is 7.89. The van der Waals surface area contributed by atoms with Gasteiger partial charge in [-0.2, -0.15) is 0 Å². The zero-order chi connectivity index (χ0) is 18.3. The molecule has 0 aromatic heterocycles. The minimum absolute atomic E-state index is 0.114. The SMILES string of the molecule is NS(=O)(=O)c1ccccc1N=C1C(=O)c2ccccc2-c2ccccc21. The molecular formula is C20H14N2O3S. The van der Waals surface area contributed by atoms with E-state index in [2.05, 4.69) is 4.99 Å². The number of sulfonamides is 1. The van der Waals surface area contributed by atoms with Gasteiger partial charge in [0.1, 0.15) is 10.6 Å². The summed E-state index contributed by atoms with van der Waals surface area (Å²) in [5.41, 5.74) is 3.28. The van der Waals surface area contributed by atoms with Crippen LogP contribution >= 0.6 is 0 Å². The Labute approximate surface area is 150 Å². The van der Waals surface area contributed by atoms with E-state index in [9.17, 15) is 13.2 Å². The van der Waals surface area contributed by atoms with Gasteiger partial charge >= 0.3 is 0 Å². The van der Waals surface area contributed by atoms with Gasteiger partial charge in [0.05, 0.1) is 5.69 Å². The number of para-hydroxylation sites is 1. The fourth-order valence-corrected chi connectivity index (χ4v) is 3.79. The number of fused-ring (bicyclic) bond motifs is 3. The second-order valence-corrected chi connectivity index (χ2v) is 7.42. The Morgan fingerprint density at radius 1 is 0.692 bits per heavy atom. The van der Waals surface area contributed by atoms with E-state index in [1.807, 2.05) is 36.4 Å². The molecule has 1 aliphatic rings. The summed E-state index contributed by atoms with van der Waals surface area (Å²) >= 11 is 0. The van der Waals surface area contributed by atoms with Crippen LogP contribution in [-0.4, -0.2) is 19.9 Å². The minimum Gasteiger partial charge on any atom is -0.287 e. The van der Waals surface area contributed by atoms with Crippen LogP contribution in [0, 0.1) is 0 Å². The molecular weight excluding hydrogens is 348 g/mol. The lowest BCUT2D eigenvalue weighted by molar-refractivity contribution is 0.106. The van der Waals surface area contributed by atoms with Gasteiger partial charge in [0.25, 0.3) is 0 Å². The van der Waals surface area contributed by atoms with E-state index in [4.69, 9.17) is 5.14 Å². The van der Waals surface area contributed by atoms with Crippen LogP contribution in [0.5, 0.6) is 0 Å². The van der Waals surface area contributed by atoms with Gasteiger partial charge in [-0.15, -0.1) is 0 Å². The predicted molar refractivity (Wildman–Crippen MR) is 100 cm³/mol. The highest BCUT2D eigenvalue weighted by Crippen LogP contribution is 2.35. The monoisotopic (exact) mass is 362 g/mol. The smallest absolute Gasteiger partial charge is 0.240 e. The Kier molecular flexibility index (Phi) is 3.79. The third-order valence-corrected chi connectivity index (χ3v) is 5.22. The van der Waals surface area contributed by atoms with Crippen molar-refractivity contribution >= 4 is 27.2 Å². The molecule has 0 unspecified atom stereocenters. The first kappa shape index (κ1) is 16.4. The van der Waals surface area contributed by atoms with Crippen molar-refractivity contribution in [1.29, 1.82) is 0 Å². The number of hydrogen-bond acceptors (Lipinski definition) is 4. The van der Waals surface area contributed by atoms with Crippen LogP contribution in [0.15, 0.2) is 82.7 Å². The van der Waals surface area contributed by atoms with Gasteiger partial charge in [-0.1, -0.05) is 60.7 Å². The number of benzene rings is 3. The van der Waals surface area contributed by atoms with Crippen molar-refractivity contribution in [3.05, 3.63) is 83.9 Å². The first-order valence-electron chi connectivity index (χ1n) is 7.91. The van der Waals surface area contributed by atoms with Crippen LogP contribution in [0.4, 0.5) is 5.69 Å². The normalized spacial score (nSPS) is 14.8. The largest absolute Gasteiger partial charge is 0.287 e.